The Balaban J connectivity index is 0.000000396. The lowest BCUT2D eigenvalue weighted by molar-refractivity contribution is 0.0913. The van der Waals surface area contributed by atoms with Gasteiger partial charge in [0.05, 0.1) is 0 Å². The Morgan fingerprint density at radius 3 is 2.85 bits per heavy atom. The average Bonchev–Trinajstić information content (AvgIpc) is 2.21. The highest BCUT2D eigenvalue weighted by molar-refractivity contribution is 4.84. The molecule has 2 atom stereocenters. The fourth-order valence-corrected chi connectivity index (χ4v) is 2.30. The van der Waals surface area contributed by atoms with Crippen LogP contribution < -0.4 is 5.32 Å². The second-order valence-corrected chi connectivity index (χ2v) is 4.04. The van der Waals surface area contributed by atoms with Gasteiger partial charge in [0.1, 0.15) is 0 Å². The highest BCUT2D eigenvalue weighted by Gasteiger charge is 2.27. The van der Waals surface area contributed by atoms with Crippen molar-refractivity contribution in [2.24, 2.45) is 5.92 Å². The number of aliphatic hydroxyl groups is 1. The van der Waals surface area contributed by atoms with Crippen molar-refractivity contribution in [3.63, 3.8) is 0 Å². The molecule has 0 aromatic rings. The molecule has 0 radical (unpaired) electrons. The number of hydrogen-bond donors (Lipinski definition) is 2. The Morgan fingerprint density at radius 2 is 2.08 bits per heavy atom. The highest BCUT2D eigenvalue weighted by atomic mass is 16.2. The summed E-state index contributed by atoms with van der Waals surface area (Å²) in [5, 5.41) is 10.5. The summed E-state index contributed by atoms with van der Waals surface area (Å²) in [5.41, 5.74) is 0. The van der Waals surface area contributed by atoms with Gasteiger partial charge in [-0.05, 0) is 18.8 Å². The molecule has 78 valence electrons. The number of piperazine rings is 1. The summed E-state index contributed by atoms with van der Waals surface area (Å²) in [6, 6.07) is 0.861. The maximum Gasteiger partial charge on any atom is 0.0319 e. The van der Waals surface area contributed by atoms with Crippen LogP contribution in [0.2, 0.25) is 0 Å². The average molecular weight is 186 g/mol. The molecule has 3 heteroatoms. The van der Waals surface area contributed by atoms with Crippen LogP contribution in [-0.4, -0.2) is 49.3 Å². The molecule has 2 N–H and O–H groups in total. The summed E-state index contributed by atoms with van der Waals surface area (Å²) in [4.78, 5) is 2.66. The first-order chi connectivity index (χ1) is 6.36. The van der Waals surface area contributed by atoms with Crippen molar-refractivity contribution < 1.29 is 5.11 Å². The first-order valence-corrected chi connectivity index (χ1v) is 5.26. The molecular formula is C10H22N2O. The van der Waals surface area contributed by atoms with Gasteiger partial charge in [0.15, 0.2) is 0 Å². The van der Waals surface area contributed by atoms with Crippen molar-refractivity contribution in [3.8, 4) is 0 Å². The van der Waals surface area contributed by atoms with E-state index in [0.717, 1.165) is 19.1 Å². The number of piperidine rings is 1. The Bertz CT molecular complexity index is 141. The lowest BCUT2D eigenvalue weighted by Crippen LogP contribution is -2.54. The predicted octanol–water partition coefficient (Wildman–Crippen LogP) is 0.299. The molecule has 0 aromatic carbocycles. The minimum Gasteiger partial charge on any atom is -0.400 e. The maximum atomic E-state index is 7.00. The third kappa shape index (κ3) is 2.93. The second kappa shape index (κ2) is 5.58. The first-order valence-electron chi connectivity index (χ1n) is 5.26. The van der Waals surface area contributed by atoms with Gasteiger partial charge >= 0.3 is 0 Å². The predicted molar refractivity (Wildman–Crippen MR) is 54.8 cm³/mol. The summed E-state index contributed by atoms with van der Waals surface area (Å²) in [5.74, 6) is 0.935. The minimum atomic E-state index is 0.861. The summed E-state index contributed by atoms with van der Waals surface area (Å²) < 4.78 is 0. The zero-order valence-corrected chi connectivity index (χ0v) is 8.79. The van der Waals surface area contributed by atoms with Gasteiger partial charge in [0, 0.05) is 39.3 Å². The lowest BCUT2D eigenvalue weighted by Gasteiger charge is -2.41. The van der Waals surface area contributed by atoms with Gasteiger partial charge in [0.25, 0.3) is 0 Å². The number of fused-ring (bicyclic) bond motifs is 1. The summed E-state index contributed by atoms with van der Waals surface area (Å²) in [7, 11) is 1.00. The van der Waals surface area contributed by atoms with E-state index in [1.54, 1.807) is 0 Å². The van der Waals surface area contributed by atoms with E-state index in [1.807, 2.05) is 0 Å². The number of nitrogens with zero attached hydrogens (tertiary/aromatic N) is 1. The number of aliphatic hydroxyl groups excluding tert-OH is 1. The van der Waals surface area contributed by atoms with Gasteiger partial charge in [-0.3, -0.25) is 4.90 Å². The van der Waals surface area contributed by atoms with E-state index in [9.17, 15) is 0 Å². The van der Waals surface area contributed by atoms with Crippen LogP contribution in [0.5, 0.6) is 0 Å². The molecule has 0 bridgehead atoms. The molecule has 3 nitrogen and oxygen atoms in total. The molecule has 0 amide bonds. The van der Waals surface area contributed by atoms with Crippen LogP contribution >= 0.6 is 0 Å². The van der Waals surface area contributed by atoms with E-state index in [-0.39, 0.29) is 0 Å². The second-order valence-electron chi connectivity index (χ2n) is 4.04. The Morgan fingerprint density at radius 1 is 1.31 bits per heavy atom. The van der Waals surface area contributed by atoms with Gasteiger partial charge in [-0.15, -0.1) is 0 Å². The fourth-order valence-electron chi connectivity index (χ4n) is 2.30. The van der Waals surface area contributed by atoms with Crippen molar-refractivity contribution in [1.29, 1.82) is 0 Å². The van der Waals surface area contributed by atoms with Crippen LogP contribution in [-0.2, 0) is 0 Å². The fraction of sp³-hybridized carbons (Fsp3) is 1.00. The van der Waals surface area contributed by atoms with E-state index >= 15 is 0 Å². The van der Waals surface area contributed by atoms with E-state index < -0.39 is 0 Å². The molecule has 0 aromatic heterocycles. The highest BCUT2D eigenvalue weighted by Crippen LogP contribution is 2.21. The monoisotopic (exact) mass is 186 g/mol. The van der Waals surface area contributed by atoms with Crippen molar-refractivity contribution in [1.82, 2.24) is 10.2 Å². The van der Waals surface area contributed by atoms with Gasteiger partial charge in [-0.25, -0.2) is 0 Å². The van der Waals surface area contributed by atoms with Gasteiger partial charge < -0.3 is 10.4 Å². The van der Waals surface area contributed by atoms with E-state index in [0.29, 0.717) is 0 Å². The molecule has 2 aliphatic rings. The van der Waals surface area contributed by atoms with Crippen LogP contribution in [0.1, 0.15) is 19.8 Å². The van der Waals surface area contributed by atoms with Crippen molar-refractivity contribution in [3.05, 3.63) is 0 Å². The molecule has 2 heterocycles. The van der Waals surface area contributed by atoms with Crippen LogP contribution in [0, 0.1) is 5.92 Å². The maximum absolute atomic E-state index is 7.00. The molecule has 13 heavy (non-hydrogen) atoms. The van der Waals surface area contributed by atoms with Crippen LogP contribution in [0.3, 0.4) is 0 Å². The molecule has 2 saturated heterocycles. The lowest BCUT2D eigenvalue weighted by atomic mass is 9.93. The van der Waals surface area contributed by atoms with Crippen molar-refractivity contribution in [2.75, 3.05) is 33.3 Å². The molecule has 0 saturated carbocycles. The molecule has 2 unspecified atom stereocenters. The minimum absolute atomic E-state index is 0.861. The molecule has 2 rings (SSSR count). The number of nitrogens with one attached hydrogen (secondary N) is 1. The Labute approximate surface area is 81.1 Å². The van der Waals surface area contributed by atoms with Crippen molar-refractivity contribution >= 4 is 0 Å². The first kappa shape index (κ1) is 11.0. The van der Waals surface area contributed by atoms with Crippen LogP contribution in [0.15, 0.2) is 0 Å². The molecule has 0 spiro atoms. The van der Waals surface area contributed by atoms with Crippen molar-refractivity contribution in [2.45, 2.75) is 25.8 Å². The quantitative estimate of drug-likeness (QED) is 0.571. The largest absolute Gasteiger partial charge is 0.400 e. The zero-order chi connectivity index (χ0) is 9.68. The smallest absolute Gasteiger partial charge is 0.0319 e. The van der Waals surface area contributed by atoms with Gasteiger partial charge in [-0.2, -0.15) is 0 Å². The molecule has 2 fully saturated rings. The SMILES string of the molecule is CC1CCC2CNCCN2C1.CO. The molecular weight excluding hydrogens is 164 g/mol. The van der Waals surface area contributed by atoms with Crippen LogP contribution in [0.25, 0.3) is 0 Å². The summed E-state index contributed by atoms with van der Waals surface area (Å²) in [6.45, 7) is 7.41. The van der Waals surface area contributed by atoms with Gasteiger partial charge in [-0.1, -0.05) is 6.92 Å². The molecule has 0 aliphatic carbocycles. The normalized spacial score (nSPS) is 34.4. The molecule has 2 aliphatic heterocycles. The van der Waals surface area contributed by atoms with E-state index in [1.165, 1.54) is 39.0 Å². The number of hydrogen-bond acceptors (Lipinski definition) is 3. The van der Waals surface area contributed by atoms with E-state index in [2.05, 4.69) is 17.1 Å². The standard InChI is InChI=1S/C9H18N2.CH4O/c1-8-2-3-9-6-10-4-5-11(9)7-8;1-2/h8-10H,2-7H2,1H3;2H,1H3. The Kier molecular flexibility index (Phi) is 4.70. The third-order valence-corrected chi connectivity index (χ3v) is 3.01. The number of rotatable bonds is 0. The zero-order valence-electron chi connectivity index (χ0n) is 8.79. The Hall–Kier alpha value is -0.120. The third-order valence-electron chi connectivity index (χ3n) is 3.01. The van der Waals surface area contributed by atoms with Crippen LogP contribution in [0.4, 0.5) is 0 Å². The topological polar surface area (TPSA) is 35.5 Å². The summed E-state index contributed by atoms with van der Waals surface area (Å²) >= 11 is 0. The van der Waals surface area contributed by atoms with Gasteiger partial charge in [0.2, 0.25) is 0 Å². The van der Waals surface area contributed by atoms with E-state index in [4.69, 9.17) is 5.11 Å². The summed E-state index contributed by atoms with van der Waals surface area (Å²) in [6.07, 6.45) is 2.84.